The van der Waals surface area contributed by atoms with Crippen LogP contribution in [0.15, 0.2) is 34.8 Å². The third-order valence-corrected chi connectivity index (χ3v) is 3.36. The van der Waals surface area contributed by atoms with Crippen LogP contribution in [0.1, 0.15) is 12.8 Å². The summed E-state index contributed by atoms with van der Waals surface area (Å²) in [7, 11) is 0. The summed E-state index contributed by atoms with van der Waals surface area (Å²) in [6, 6.07) is 10.8. The fraction of sp³-hybridized carbons (Fsp3) is 0.250. The summed E-state index contributed by atoms with van der Waals surface area (Å²) in [5.74, 6) is 0.938. The molecule has 0 saturated heterocycles. The molecular formula is C12H12BrN3. The van der Waals surface area contributed by atoms with E-state index in [4.69, 9.17) is 0 Å². The van der Waals surface area contributed by atoms with Gasteiger partial charge in [0.2, 0.25) is 0 Å². The van der Waals surface area contributed by atoms with Crippen LogP contribution in [-0.4, -0.2) is 16.2 Å². The highest BCUT2D eigenvalue weighted by Gasteiger charge is 2.21. The number of halogens is 1. The van der Waals surface area contributed by atoms with Crippen LogP contribution < -0.4 is 5.32 Å². The molecule has 1 heterocycles. The summed E-state index contributed by atoms with van der Waals surface area (Å²) in [4.78, 5) is 0. The van der Waals surface area contributed by atoms with Gasteiger partial charge in [-0.1, -0.05) is 34.1 Å². The molecule has 0 aliphatic heterocycles. The molecule has 16 heavy (non-hydrogen) atoms. The summed E-state index contributed by atoms with van der Waals surface area (Å²) in [6.45, 7) is 0. The number of rotatable bonds is 3. The minimum Gasteiger partial charge on any atom is -0.366 e. The number of aromatic nitrogens is 2. The van der Waals surface area contributed by atoms with E-state index in [1.807, 2.05) is 18.2 Å². The van der Waals surface area contributed by atoms with Gasteiger partial charge in [-0.3, -0.25) is 5.10 Å². The second-order valence-electron chi connectivity index (χ2n) is 4.07. The number of anilines is 1. The van der Waals surface area contributed by atoms with Crippen molar-refractivity contribution >= 4 is 21.7 Å². The van der Waals surface area contributed by atoms with Gasteiger partial charge in [0.15, 0.2) is 0 Å². The summed E-state index contributed by atoms with van der Waals surface area (Å²) in [6.07, 6.45) is 2.52. The standard InChI is InChI=1S/C12H12BrN3/c13-10-4-2-1-3-9(10)11-7-12(16-15-11)14-8-5-6-8/h1-4,7-8H,5-6H2,(H2,14,15,16). The molecule has 0 radical (unpaired) electrons. The Morgan fingerprint density at radius 1 is 1.31 bits per heavy atom. The molecule has 0 atom stereocenters. The van der Waals surface area contributed by atoms with Crippen LogP contribution in [0.2, 0.25) is 0 Å². The van der Waals surface area contributed by atoms with E-state index < -0.39 is 0 Å². The highest BCUT2D eigenvalue weighted by Crippen LogP contribution is 2.29. The summed E-state index contributed by atoms with van der Waals surface area (Å²) < 4.78 is 1.08. The van der Waals surface area contributed by atoms with Crippen LogP contribution in [0.5, 0.6) is 0 Å². The van der Waals surface area contributed by atoms with Crippen molar-refractivity contribution in [2.75, 3.05) is 5.32 Å². The lowest BCUT2D eigenvalue weighted by Crippen LogP contribution is -2.00. The van der Waals surface area contributed by atoms with E-state index in [1.165, 1.54) is 12.8 Å². The van der Waals surface area contributed by atoms with Gasteiger partial charge in [-0.15, -0.1) is 0 Å². The topological polar surface area (TPSA) is 40.7 Å². The van der Waals surface area contributed by atoms with Gasteiger partial charge in [-0.25, -0.2) is 0 Å². The molecule has 1 aromatic carbocycles. The number of hydrogen-bond acceptors (Lipinski definition) is 2. The number of nitrogens with one attached hydrogen (secondary N) is 2. The second kappa shape index (κ2) is 3.94. The van der Waals surface area contributed by atoms with E-state index in [0.29, 0.717) is 6.04 Å². The monoisotopic (exact) mass is 277 g/mol. The minimum atomic E-state index is 0.635. The van der Waals surface area contributed by atoms with Crippen molar-refractivity contribution in [1.82, 2.24) is 10.2 Å². The first-order valence-electron chi connectivity index (χ1n) is 5.40. The van der Waals surface area contributed by atoms with Gasteiger partial charge >= 0.3 is 0 Å². The molecule has 1 aliphatic rings. The van der Waals surface area contributed by atoms with Crippen LogP contribution in [0.4, 0.5) is 5.82 Å². The Morgan fingerprint density at radius 3 is 2.88 bits per heavy atom. The van der Waals surface area contributed by atoms with Gasteiger partial charge in [0.1, 0.15) is 5.82 Å². The number of H-pyrrole nitrogens is 1. The van der Waals surface area contributed by atoms with Gasteiger partial charge in [-0.2, -0.15) is 5.10 Å². The molecular weight excluding hydrogens is 266 g/mol. The molecule has 3 nitrogen and oxygen atoms in total. The lowest BCUT2D eigenvalue weighted by Gasteiger charge is -1.99. The lowest BCUT2D eigenvalue weighted by molar-refractivity contribution is 1.05. The Kier molecular flexibility index (Phi) is 2.44. The molecule has 1 aromatic heterocycles. The normalized spacial score (nSPS) is 15.1. The van der Waals surface area contributed by atoms with Crippen molar-refractivity contribution in [3.05, 3.63) is 34.8 Å². The Hall–Kier alpha value is -1.29. The largest absolute Gasteiger partial charge is 0.366 e. The first kappa shape index (κ1) is 9.90. The number of hydrogen-bond donors (Lipinski definition) is 2. The van der Waals surface area contributed by atoms with Gasteiger partial charge in [0, 0.05) is 22.1 Å². The highest BCUT2D eigenvalue weighted by atomic mass is 79.9. The molecule has 1 saturated carbocycles. The van der Waals surface area contributed by atoms with Crippen LogP contribution in [0.25, 0.3) is 11.3 Å². The molecule has 2 aromatic rings. The van der Waals surface area contributed by atoms with Crippen LogP contribution in [-0.2, 0) is 0 Å². The zero-order valence-corrected chi connectivity index (χ0v) is 10.3. The molecule has 2 N–H and O–H groups in total. The lowest BCUT2D eigenvalue weighted by atomic mass is 10.1. The Morgan fingerprint density at radius 2 is 2.12 bits per heavy atom. The smallest absolute Gasteiger partial charge is 0.148 e. The maximum Gasteiger partial charge on any atom is 0.148 e. The zero-order valence-electron chi connectivity index (χ0n) is 8.70. The number of nitrogens with zero attached hydrogens (tertiary/aromatic N) is 1. The zero-order chi connectivity index (χ0) is 11.0. The van der Waals surface area contributed by atoms with Crippen molar-refractivity contribution < 1.29 is 0 Å². The fourth-order valence-corrected chi connectivity index (χ4v) is 2.15. The predicted molar refractivity (Wildman–Crippen MR) is 68.4 cm³/mol. The summed E-state index contributed by atoms with van der Waals surface area (Å²) in [5, 5.41) is 10.7. The van der Waals surface area contributed by atoms with Crippen molar-refractivity contribution in [2.45, 2.75) is 18.9 Å². The predicted octanol–water partition coefficient (Wildman–Crippen LogP) is 3.41. The first-order valence-corrected chi connectivity index (χ1v) is 6.19. The van der Waals surface area contributed by atoms with Crippen molar-refractivity contribution in [1.29, 1.82) is 0 Å². The number of benzene rings is 1. The molecule has 4 heteroatoms. The van der Waals surface area contributed by atoms with Gasteiger partial charge in [0.25, 0.3) is 0 Å². The Bertz CT molecular complexity index is 502. The van der Waals surface area contributed by atoms with E-state index in [2.05, 4.69) is 43.6 Å². The molecule has 3 rings (SSSR count). The van der Waals surface area contributed by atoms with Crippen LogP contribution in [0.3, 0.4) is 0 Å². The molecule has 0 unspecified atom stereocenters. The molecule has 0 bridgehead atoms. The van der Waals surface area contributed by atoms with Crippen molar-refractivity contribution in [3.8, 4) is 11.3 Å². The van der Waals surface area contributed by atoms with Gasteiger partial charge < -0.3 is 5.32 Å². The van der Waals surface area contributed by atoms with Crippen molar-refractivity contribution in [3.63, 3.8) is 0 Å². The van der Waals surface area contributed by atoms with E-state index in [0.717, 1.165) is 21.5 Å². The fourth-order valence-electron chi connectivity index (χ4n) is 1.65. The maximum absolute atomic E-state index is 4.26. The van der Waals surface area contributed by atoms with E-state index in [-0.39, 0.29) is 0 Å². The quantitative estimate of drug-likeness (QED) is 0.903. The molecule has 0 amide bonds. The van der Waals surface area contributed by atoms with Gasteiger partial charge in [0.05, 0.1) is 5.69 Å². The van der Waals surface area contributed by atoms with E-state index >= 15 is 0 Å². The molecule has 0 spiro atoms. The van der Waals surface area contributed by atoms with Crippen molar-refractivity contribution in [2.24, 2.45) is 0 Å². The maximum atomic E-state index is 4.26. The number of aromatic amines is 1. The Balaban J connectivity index is 1.88. The Labute approximate surface area is 102 Å². The summed E-state index contributed by atoms with van der Waals surface area (Å²) in [5.41, 5.74) is 2.18. The second-order valence-corrected chi connectivity index (χ2v) is 4.92. The molecule has 1 fully saturated rings. The van der Waals surface area contributed by atoms with Crippen LogP contribution >= 0.6 is 15.9 Å². The first-order chi connectivity index (χ1) is 7.83. The average Bonchev–Trinajstić information content (AvgIpc) is 2.97. The minimum absolute atomic E-state index is 0.635. The SMILES string of the molecule is Brc1ccccc1-c1cc(NC2CC2)n[nH]1. The van der Waals surface area contributed by atoms with E-state index in [1.54, 1.807) is 0 Å². The third kappa shape index (κ3) is 1.97. The molecule has 82 valence electrons. The van der Waals surface area contributed by atoms with E-state index in [9.17, 15) is 0 Å². The summed E-state index contributed by atoms with van der Waals surface area (Å²) >= 11 is 3.54. The van der Waals surface area contributed by atoms with Crippen LogP contribution in [0, 0.1) is 0 Å². The highest BCUT2D eigenvalue weighted by molar-refractivity contribution is 9.10. The molecule has 1 aliphatic carbocycles. The average molecular weight is 278 g/mol. The third-order valence-electron chi connectivity index (χ3n) is 2.67. The van der Waals surface area contributed by atoms with Gasteiger partial charge in [-0.05, 0) is 18.9 Å².